The van der Waals surface area contributed by atoms with Crippen LogP contribution in [0.4, 0.5) is 0 Å². The van der Waals surface area contributed by atoms with Gasteiger partial charge in [-0.15, -0.1) is 0 Å². The van der Waals surface area contributed by atoms with Gasteiger partial charge in [0.15, 0.2) is 12.2 Å². The average Bonchev–Trinajstić information content (AvgIpc) is 3.03. The Hall–Kier alpha value is -1.94. The average molecular weight is 1330 g/mol. The van der Waals surface area contributed by atoms with Crippen molar-refractivity contribution in [1.82, 2.24) is 0 Å². The summed E-state index contributed by atoms with van der Waals surface area (Å²) in [6.45, 7) is 9.51. The molecule has 90 heavy (non-hydrogen) atoms. The maximum absolute atomic E-state index is 13.0. The van der Waals surface area contributed by atoms with Crippen molar-refractivity contribution in [3.8, 4) is 0 Å². The molecule has 6 atom stereocenters. The van der Waals surface area contributed by atoms with Crippen LogP contribution in [0.5, 0.6) is 0 Å². The second-order valence-electron chi connectivity index (χ2n) is 26.3. The number of aliphatic hydroxyl groups is 1. The molecule has 0 spiro atoms. The Balaban J connectivity index is 5.24. The summed E-state index contributed by atoms with van der Waals surface area (Å²) in [5, 5.41) is 10.6. The van der Waals surface area contributed by atoms with Crippen molar-refractivity contribution in [3.63, 3.8) is 0 Å². The van der Waals surface area contributed by atoms with E-state index in [9.17, 15) is 43.2 Å². The van der Waals surface area contributed by atoms with Gasteiger partial charge in [-0.05, 0) is 37.5 Å². The summed E-state index contributed by atoms with van der Waals surface area (Å²) < 4.78 is 68.3. The van der Waals surface area contributed by atoms with Crippen molar-refractivity contribution in [2.45, 2.75) is 381 Å². The highest BCUT2D eigenvalue weighted by Gasteiger charge is 2.30. The van der Waals surface area contributed by atoms with E-state index in [0.717, 1.165) is 102 Å². The molecule has 0 saturated heterocycles. The molecule has 0 amide bonds. The number of aliphatic hydroxyl groups excluding tert-OH is 1. The number of phosphoric ester groups is 2. The van der Waals surface area contributed by atoms with E-state index < -0.39 is 97.5 Å². The number of unbranched alkanes of at least 4 members (excludes halogenated alkanes) is 39. The lowest BCUT2D eigenvalue weighted by Crippen LogP contribution is -2.30. The summed E-state index contributed by atoms with van der Waals surface area (Å²) in [6, 6.07) is 0. The smallest absolute Gasteiger partial charge is 0.462 e. The first-order chi connectivity index (χ1) is 43.4. The zero-order valence-electron chi connectivity index (χ0n) is 58.4. The van der Waals surface area contributed by atoms with Crippen molar-refractivity contribution < 1.29 is 80.2 Å². The summed E-state index contributed by atoms with van der Waals surface area (Å²) in [7, 11) is -9.90. The number of hydrogen-bond donors (Lipinski definition) is 3. The van der Waals surface area contributed by atoms with Crippen molar-refractivity contribution in [1.29, 1.82) is 0 Å². The molecule has 0 aliphatic rings. The predicted octanol–water partition coefficient (Wildman–Crippen LogP) is 20.4. The lowest BCUT2D eigenvalue weighted by molar-refractivity contribution is -0.161. The normalized spacial score (nSPS) is 14.4. The highest BCUT2D eigenvalue weighted by atomic mass is 31.2. The highest BCUT2D eigenvalue weighted by Crippen LogP contribution is 2.45. The third kappa shape index (κ3) is 63.5. The van der Waals surface area contributed by atoms with E-state index in [1.807, 2.05) is 0 Å². The second kappa shape index (κ2) is 63.1. The first kappa shape index (κ1) is 88.1. The van der Waals surface area contributed by atoms with Gasteiger partial charge in [0.25, 0.3) is 0 Å². The Labute approximate surface area is 549 Å². The fraction of sp³-hybridized carbons (Fsp3) is 0.944. The van der Waals surface area contributed by atoms with Crippen LogP contribution in [-0.2, 0) is 65.4 Å². The Morgan fingerprint density at radius 1 is 0.322 bits per heavy atom. The molecule has 17 nitrogen and oxygen atoms in total. The number of carbonyl (C=O) groups is 4. The molecule has 0 saturated carbocycles. The molecule has 534 valence electrons. The van der Waals surface area contributed by atoms with Crippen LogP contribution in [-0.4, -0.2) is 96.7 Å². The topological polar surface area (TPSA) is 237 Å². The van der Waals surface area contributed by atoms with E-state index in [0.29, 0.717) is 25.7 Å². The van der Waals surface area contributed by atoms with Gasteiger partial charge in [0.2, 0.25) is 0 Å². The quantitative estimate of drug-likeness (QED) is 0.0222. The molecule has 19 heteroatoms. The van der Waals surface area contributed by atoms with Crippen LogP contribution in [0.15, 0.2) is 0 Å². The van der Waals surface area contributed by atoms with Crippen LogP contribution in [0.1, 0.15) is 363 Å². The van der Waals surface area contributed by atoms with Gasteiger partial charge in [0.1, 0.15) is 19.3 Å². The molecule has 0 radical (unpaired) electrons. The maximum Gasteiger partial charge on any atom is 0.472 e. The van der Waals surface area contributed by atoms with E-state index in [4.69, 9.17) is 37.0 Å². The maximum atomic E-state index is 13.0. The minimum Gasteiger partial charge on any atom is -0.462 e. The second-order valence-corrected chi connectivity index (χ2v) is 29.3. The number of hydrogen-bond acceptors (Lipinski definition) is 15. The standard InChI is InChI=1S/C71H138O17P2/c1-7-10-12-14-16-18-20-21-22-23-27-31-35-42-48-54-69(74)81-59-66(87-70(75)55-49-43-36-32-28-25-24-26-29-33-39-45-51-63(4)5)61-85-89(77,78)83-57-65(72)58-84-90(79,80)86-62-67(88-71(76)56-50-44-38-37-40-46-52-64(6)9-3)60-82-68(73)53-47-41-34-30-19-17-15-13-11-8-2/h63-67,72H,7-62H2,1-6H3,(H,77,78)(H,79,80)/t64?,65-,66-,67-/m1/s1. The molecule has 0 aromatic carbocycles. The third-order valence-electron chi connectivity index (χ3n) is 16.8. The van der Waals surface area contributed by atoms with E-state index in [1.54, 1.807) is 0 Å². The van der Waals surface area contributed by atoms with Gasteiger partial charge in [0.05, 0.1) is 26.4 Å². The van der Waals surface area contributed by atoms with Crippen LogP contribution >= 0.6 is 15.6 Å². The predicted molar refractivity (Wildman–Crippen MR) is 363 cm³/mol. The zero-order chi connectivity index (χ0) is 66.5. The molecular weight excluding hydrogens is 1190 g/mol. The first-order valence-corrected chi connectivity index (χ1v) is 40.0. The van der Waals surface area contributed by atoms with Crippen LogP contribution < -0.4 is 0 Å². The number of rotatable bonds is 70. The van der Waals surface area contributed by atoms with E-state index >= 15 is 0 Å². The van der Waals surface area contributed by atoms with E-state index in [-0.39, 0.29) is 25.7 Å². The summed E-state index contributed by atoms with van der Waals surface area (Å²) in [4.78, 5) is 72.6. The van der Waals surface area contributed by atoms with Gasteiger partial charge in [-0.2, -0.15) is 0 Å². The van der Waals surface area contributed by atoms with Gasteiger partial charge in [-0.3, -0.25) is 37.3 Å². The molecule has 0 aliphatic carbocycles. The molecule has 0 aromatic heterocycles. The molecule has 3 unspecified atom stereocenters. The highest BCUT2D eigenvalue weighted by molar-refractivity contribution is 7.47. The molecule has 0 rings (SSSR count). The van der Waals surface area contributed by atoms with Crippen molar-refractivity contribution in [3.05, 3.63) is 0 Å². The Kier molecular flexibility index (Phi) is 61.8. The van der Waals surface area contributed by atoms with Gasteiger partial charge >= 0.3 is 39.5 Å². The first-order valence-electron chi connectivity index (χ1n) is 37.0. The van der Waals surface area contributed by atoms with E-state index in [1.165, 1.54) is 180 Å². The van der Waals surface area contributed by atoms with E-state index in [2.05, 4.69) is 41.5 Å². The van der Waals surface area contributed by atoms with Crippen molar-refractivity contribution >= 4 is 39.5 Å². The van der Waals surface area contributed by atoms with Crippen LogP contribution in [0, 0.1) is 11.8 Å². The number of ether oxygens (including phenoxy) is 4. The fourth-order valence-electron chi connectivity index (χ4n) is 10.7. The minimum absolute atomic E-state index is 0.103. The lowest BCUT2D eigenvalue weighted by atomic mass is 10.00. The van der Waals surface area contributed by atoms with Gasteiger partial charge in [0, 0.05) is 25.7 Å². The molecule has 0 fully saturated rings. The monoisotopic (exact) mass is 1320 g/mol. The Morgan fingerprint density at radius 2 is 0.567 bits per heavy atom. The molecule has 3 N–H and O–H groups in total. The molecule has 0 aliphatic heterocycles. The SMILES string of the molecule is CCCCCCCCCCCCCCCCCC(=O)OC[C@H](COP(=O)(O)OC[C@@H](O)COP(=O)(O)OC[C@@H](COC(=O)CCCCCCCCCCCC)OC(=O)CCCCCCCCC(C)CC)OC(=O)CCCCCCCCCCCCCCC(C)C. The van der Waals surface area contributed by atoms with Crippen molar-refractivity contribution in [2.75, 3.05) is 39.6 Å². The number of carbonyl (C=O) groups excluding carboxylic acids is 4. The fourth-order valence-corrected chi connectivity index (χ4v) is 12.3. The Morgan fingerprint density at radius 3 is 0.844 bits per heavy atom. The Bertz CT molecular complexity index is 1750. The minimum atomic E-state index is -4.95. The summed E-state index contributed by atoms with van der Waals surface area (Å²) in [6.07, 6.45) is 48.5. The number of esters is 4. The summed E-state index contributed by atoms with van der Waals surface area (Å²) in [5.74, 6) is -0.627. The molecule has 0 aromatic rings. The van der Waals surface area contributed by atoms with Gasteiger partial charge in [-0.25, -0.2) is 9.13 Å². The summed E-state index contributed by atoms with van der Waals surface area (Å²) in [5.41, 5.74) is 0. The molecule has 0 heterocycles. The van der Waals surface area contributed by atoms with Crippen molar-refractivity contribution in [2.24, 2.45) is 11.8 Å². The lowest BCUT2D eigenvalue weighted by Gasteiger charge is -2.21. The largest absolute Gasteiger partial charge is 0.472 e. The van der Waals surface area contributed by atoms with Crippen LogP contribution in [0.2, 0.25) is 0 Å². The summed E-state index contributed by atoms with van der Waals surface area (Å²) >= 11 is 0. The van der Waals surface area contributed by atoms with Gasteiger partial charge < -0.3 is 33.8 Å². The van der Waals surface area contributed by atoms with Crippen LogP contribution in [0.3, 0.4) is 0 Å². The molecule has 0 bridgehead atoms. The molecular formula is C71H138O17P2. The van der Waals surface area contributed by atoms with Gasteiger partial charge in [-0.1, -0.05) is 311 Å². The van der Waals surface area contributed by atoms with Crippen LogP contribution in [0.25, 0.3) is 0 Å². The zero-order valence-corrected chi connectivity index (χ0v) is 60.2. The third-order valence-corrected chi connectivity index (χ3v) is 18.7. The number of phosphoric acid groups is 2.